The van der Waals surface area contributed by atoms with Crippen LogP contribution in [0.4, 0.5) is 0 Å². The van der Waals surface area contributed by atoms with Crippen LogP contribution < -0.4 is 0 Å². The van der Waals surface area contributed by atoms with E-state index in [-0.39, 0.29) is 35.9 Å². The van der Waals surface area contributed by atoms with Gasteiger partial charge in [0.25, 0.3) is 0 Å². The average Bonchev–Trinajstić information content (AvgIpc) is 3.40. The Hall–Kier alpha value is -2.14. The fraction of sp³-hybridized carbons (Fsp3) is 0.610. The minimum Gasteiger partial charge on any atom is -0.417 e. The van der Waals surface area contributed by atoms with Gasteiger partial charge in [0, 0.05) is 24.7 Å². The Morgan fingerprint density at radius 3 is 2.29 bits per heavy atom. The van der Waals surface area contributed by atoms with Crippen LogP contribution in [0, 0.1) is 16.7 Å². The van der Waals surface area contributed by atoms with Gasteiger partial charge in [-0.1, -0.05) is 120 Å². The Morgan fingerprint density at radius 2 is 1.65 bits per heavy atom. The molecule has 270 valence electrons. The molecule has 49 heavy (non-hydrogen) atoms. The van der Waals surface area contributed by atoms with Gasteiger partial charge in [-0.05, 0) is 61.2 Å². The van der Waals surface area contributed by atoms with Gasteiger partial charge in [0.05, 0.1) is 25.4 Å². The predicted molar refractivity (Wildman–Crippen MR) is 196 cm³/mol. The molecule has 2 bridgehead atoms. The van der Waals surface area contributed by atoms with Crippen molar-refractivity contribution in [3.8, 4) is 0 Å². The molecule has 0 spiro atoms. The normalized spacial score (nSPS) is 33.2. The van der Waals surface area contributed by atoms with Crippen LogP contribution in [0.25, 0.3) is 0 Å². The molecular formula is C41H60O7Si. The van der Waals surface area contributed by atoms with Gasteiger partial charge in [-0.2, -0.15) is 0 Å². The first kappa shape index (κ1) is 38.1. The van der Waals surface area contributed by atoms with Crippen LogP contribution in [0.1, 0.15) is 78.2 Å². The summed E-state index contributed by atoms with van der Waals surface area (Å²) in [4.78, 5) is 0. The highest BCUT2D eigenvalue weighted by atomic mass is 28.4. The van der Waals surface area contributed by atoms with Gasteiger partial charge >= 0.3 is 0 Å². The number of fused-ring (bicyclic) bond motifs is 2. The Labute approximate surface area is 296 Å². The van der Waals surface area contributed by atoms with Gasteiger partial charge in [0.15, 0.2) is 14.6 Å². The third-order valence-electron chi connectivity index (χ3n) is 12.2. The lowest BCUT2D eigenvalue weighted by Crippen LogP contribution is -2.56. The van der Waals surface area contributed by atoms with Crippen molar-refractivity contribution in [2.45, 2.75) is 115 Å². The van der Waals surface area contributed by atoms with Crippen LogP contribution in [-0.2, 0) is 34.7 Å². The average molecular weight is 693 g/mol. The number of hydrogen-bond donors (Lipinski definition) is 1. The molecule has 2 unspecified atom stereocenters. The third-order valence-corrected chi connectivity index (χ3v) is 16.8. The third kappa shape index (κ3) is 7.18. The number of ether oxygens (including phenoxy) is 5. The zero-order chi connectivity index (χ0) is 35.6. The van der Waals surface area contributed by atoms with Crippen LogP contribution in [0.3, 0.4) is 0 Å². The van der Waals surface area contributed by atoms with Crippen molar-refractivity contribution in [2.75, 3.05) is 27.1 Å². The highest BCUT2D eigenvalue weighted by molar-refractivity contribution is 6.74. The van der Waals surface area contributed by atoms with Crippen LogP contribution in [0.2, 0.25) is 18.1 Å². The zero-order valence-electron chi connectivity index (χ0n) is 31.2. The Balaban J connectivity index is 1.57. The van der Waals surface area contributed by atoms with E-state index in [2.05, 4.69) is 72.0 Å². The number of allylic oxidation sites excluding steroid dienone is 1. The monoisotopic (exact) mass is 692 g/mol. The first-order valence-electron chi connectivity index (χ1n) is 18.0. The topological polar surface area (TPSA) is 75.6 Å². The minimum absolute atomic E-state index is 0.0851. The largest absolute Gasteiger partial charge is 0.417 e. The molecule has 8 heteroatoms. The summed E-state index contributed by atoms with van der Waals surface area (Å²) in [5.41, 5.74) is -1.07. The summed E-state index contributed by atoms with van der Waals surface area (Å²) in [6, 6.07) is 20.3. The van der Waals surface area contributed by atoms with E-state index in [1.165, 1.54) is 0 Å². The molecule has 1 heterocycles. The van der Waals surface area contributed by atoms with E-state index in [9.17, 15) is 5.11 Å². The van der Waals surface area contributed by atoms with Crippen LogP contribution in [-0.4, -0.2) is 64.0 Å². The predicted octanol–water partition coefficient (Wildman–Crippen LogP) is 8.76. The number of benzene rings is 2. The van der Waals surface area contributed by atoms with Gasteiger partial charge in [-0.15, -0.1) is 0 Å². The van der Waals surface area contributed by atoms with Crippen LogP contribution in [0.5, 0.6) is 0 Å². The SMILES string of the molecule is C/C=C/[C@@]1(O)[C@H](OCOC)C2CCC1(/C=C/[C@]1(OCc3ccccc3)CO[C@@H](c3ccccc3)O[C@H]1CCO[Si](C)(C)C(C)(C)C)C2(C)C. The second-order valence-electron chi connectivity index (χ2n) is 16.3. The molecule has 3 fully saturated rings. The zero-order valence-corrected chi connectivity index (χ0v) is 32.2. The molecule has 0 amide bonds. The first-order valence-corrected chi connectivity index (χ1v) is 20.9. The molecule has 0 aromatic heterocycles. The Morgan fingerprint density at radius 1 is 0.980 bits per heavy atom. The van der Waals surface area contributed by atoms with E-state index in [4.69, 9.17) is 28.1 Å². The highest BCUT2D eigenvalue weighted by Crippen LogP contribution is 2.71. The summed E-state index contributed by atoms with van der Waals surface area (Å²) < 4.78 is 38.9. The van der Waals surface area contributed by atoms with E-state index >= 15 is 0 Å². The number of rotatable bonds is 14. The second-order valence-corrected chi connectivity index (χ2v) is 21.1. The van der Waals surface area contributed by atoms with E-state index in [1.54, 1.807) is 7.11 Å². The summed E-state index contributed by atoms with van der Waals surface area (Å²) >= 11 is 0. The molecule has 1 aliphatic heterocycles. The molecule has 2 aromatic carbocycles. The minimum atomic E-state index is -2.02. The summed E-state index contributed by atoms with van der Waals surface area (Å²) in [6.07, 6.45) is 9.30. The van der Waals surface area contributed by atoms with Crippen LogP contribution in [0.15, 0.2) is 85.0 Å². The van der Waals surface area contributed by atoms with Crippen molar-refractivity contribution in [3.63, 3.8) is 0 Å². The lowest BCUT2D eigenvalue weighted by Gasteiger charge is -2.48. The highest BCUT2D eigenvalue weighted by Gasteiger charge is 2.74. The quantitative estimate of drug-likeness (QED) is 0.121. The molecule has 2 aromatic rings. The summed E-state index contributed by atoms with van der Waals surface area (Å²) in [5, 5.41) is 12.8. The van der Waals surface area contributed by atoms with Gasteiger partial charge in [-0.3, -0.25) is 0 Å². The number of hydrogen-bond acceptors (Lipinski definition) is 7. The summed E-state index contributed by atoms with van der Waals surface area (Å²) in [6.45, 7) is 19.2. The van der Waals surface area contributed by atoms with Crippen molar-refractivity contribution in [1.82, 2.24) is 0 Å². The summed E-state index contributed by atoms with van der Waals surface area (Å²) in [5.74, 6) is 0.143. The van der Waals surface area contributed by atoms with Crippen LogP contribution >= 0.6 is 0 Å². The number of aliphatic hydroxyl groups is 1. The Bertz CT molecular complexity index is 1420. The first-order chi connectivity index (χ1) is 23.2. The van der Waals surface area contributed by atoms with Crippen molar-refractivity contribution in [3.05, 3.63) is 96.1 Å². The maximum atomic E-state index is 12.7. The van der Waals surface area contributed by atoms with Crippen molar-refractivity contribution in [1.29, 1.82) is 0 Å². The molecule has 0 radical (unpaired) electrons. The molecule has 1 N–H and O–H groups in total. The molecule has 5 rings (SSSR count). The van der Waals surface area contributed by atoms with Gasteiger partial charge < -0.3 is 33.2 Å². The molecule has 7 atom stereocenters. The second kappa shape index (κ2) is 14.8. The molecule has 2 saturated carbocycles. The van der Waals surface area contributed by atoms with Gasteiger partial charge in [0.2, 0.25) is 0 Å². The maximum Gasteiger partial charge on any atom is 0.191 e. The van der Waals surface area contributed by atoms with Crippen molar-refractivity contribution in [2.24, 2.45) is 16.7 Å². The molecule has 7 nitrogen and oxygen atoms in total. The molecule has 2 aliphatic carbocycles. The smallest absolute Gasteiger partial charge is 0.191 e. The maximum absolute atomic E-state index is 12.7. The van der Waals surface area contributed by atoms with E-state index < -0.39 is 37.3 Å². The van der Waals surface area contributed by atoms with Crippen molar-refractivity contribution < 1.29 is 33.2 Å². The fourth-order valence-electron chi connectivity index (χ4n) is 8.27. The molecule has 1 saturated heterocycles. The van der Waals surface area contributed by atoms with Crippen molar-refractivity contribution >= 4 is 8.32 Å². The van der Waals surface area contributed by atoms with Gasteiger partial charge in [-0.25, -0.2) is 0 Å². The molecular weight excluding hydrogens is 633 g/mol. The van der Waals surface area contributed by atoms with E-state index in [1.807, 2.05) is 67.6 Å². The number of methoxy groups -OCH3 is 1. The lowest BCUT2D eigenvalue weighted by molar-refractivity contribution is -0.295. The standard InChI is InChI=1S/C41H60O7Si/c1-10-23-41(42)35(45-30-43-7)33-21-24-40(41,38(33,5)6)26-25-39(46-28-31-17-13-11-14-18-31)29-44-36(32-19-15-12-16-20-32)48-34(39)22-27-47-49(8,9)37(2,3)4/h10-20,23,25-26,33-36,42H,21-22,24,27-30H2,1-9H3/b23-10+,26-25+/t33?,34-,35+,36+,39-,40?,41+/m0/s1. The Kier molecular flexibility index (Phi) is 11.5. The lowest BCUT2D eigenvalue weighted by atomic mass is 9.62. The molecule has 3 aliphatic rings. The van der Waals surface area contributed by atoms with E-state index in [0.717, 1.165) is 24.0 Å². The summed E-state index contributed by atoms with van der Waals surface area (Å²) in [7, 11) is -0.394. The van der Waals surface area contributed by atoms with E-state index in [0.29, 0.717) is 19.6 Å². The fourth-order valence-corrected chi connectivity index (χ4v) is 9.33. The van der Waals surface area contributed by atoms with Gasteiger partial charge in [0.1, 0.15) is 18.0 Å².